The summed E-state index contributed by atoms with van der Waals surface area (Å²) >= 11 is 0. The summed E-state index contributed by atoms with van der Waals surface area (Å²) in [6.07, 6.45) is 0. The van der Waals surface area contributed by atoms with Gasteiger partial charge in [-0.05, 0) is 77.9 Å². The number of esters is 1. The lowest BCUT2D eigenvalue weighted by Crippen LogP contribution is -2.08. The van der Waals surface area contributed by atoms with Crippen LogP contribution in [0.3, 0.4) is 0 Å². The molecule has 0 radical (unpaired) electrons. The number of rotatable bonds is 7. The van der Waals surface area contributed by atoms with Crippen molar-refractivity contribution in [3.63, 3.8) is 0 Å². The maximum Gasteiger partial charge on any atom is 0.343 e. The number of anilines is 1. The van der Waals surface area contributed by atoms with Crippen molar-refractivity contribution in [3.05, 3.63) is 102 Å². The summed E-state index contributed by atoms with van der Waals surface area (Å²) in [5.41, 5.74) is 3.05. The van der Waals surface area contributed by atoms with Gasteiger partial charge in [0.05, 0.1) is 5.56 Å². The normalized spacial score (nSPS) is 10.6. The van der Waals surface area contributed by atoms with Crippen molar-refractivity contribution < 1.29 is 19.1 Å². The van der Waals surface area contributed by atoms with E-state index in [1.54, 1.807) is 31.2 Å². The molecule has 0 fully saturated rings. The average Bonchev–Trinajstić information content (AvgIpc) is 2.83. The zero-order chi connectivity index (χ0) is 22.5. The lowest BCUT2D eigenvalue weighted by atomic mass is 10.0. The molecule has 0 amide bonds. The summed E-state index contributed by atoms with van der Waals surface area (Å²) < 4.78 is 11.3. The summed E-state index contributed by atoms with van der Waals surface area (Å²) in [5.74, 6) is 0.870. The minimum atomic E-state index is -0.408. The van der Waals surface area contributed by atoms with Crippen molar-refractivity contribution in [3.8, 4) is 11.5 Å². The molecule has 32 heavy (non-hydrogen) atoms. The first kappa shape index (κ1) is 21.1. The highest BCUT2D eigenvalue weighted by Gasteiger charge is 2.09. The molecular weight excluding hydrogens is 402 g/mol. The Morgan fingerprint density at radius 1 is 0.750 bits per heavy atom. The van der Waals surface area contributed by atoms with E-state index in [4.69, 9.17) is 9.47 Å². The fourth-order valence-corrected chi connectivity index (χ4v) is 3.29. The summed E-state index contributed by atoms with van der Waals surface area (Å²) in [5, 5.41) is 5.02. The summed E-state index contributed by atoms with van der Waals surface area (Å²) in [4.78, 5) is 23.9. The van der Waals surface area contributed by atoms with Crippen LogP contribution in [0, 0.1) is 0 Å². The highest BCUT2D eigenvalue weighted by molar-refractivity contribution is 5.98. The SMILES string of the molecule is CNc1ccc(OC(=O)c2ccc(COc3ccc4cc(C(C)=O)ccc4c3)cc2)cc1. The number of ketones is 1. The third-order valence-corrected chi connectivity index (χ3v) is 5.17. The van der Waals surface area contributed by atoms with E-state index in [1.165, 1.54) is 0 Å². The Bertz CT molecular complexity index is 1260. The van der Waals surface area contributed by atoms with Crippen LogP contribution in [0.4, 0.5) is 5.69 Å². The summed E-state index contributed by atoms with van der Waals surface area (Å²) in [6.45, 7) is 1.93. The maximum absolute atomic E-state index is 12.4. The number of ether oxygens (including phenoxy) is 2. The van der Waals surface area contributed by atoms with Gasteiger partial charge in [0.25, 0.3) is 0 Å². The van der Waals surface area contributed by atoms with Gasteiger partial charge in [-0.25, -0.2) is 4.79 Å². The van der Waals surface area contributed by atoms with Gasteiger partial charge in [0.1, 0.15) is 18.1 Å². The first-order chi connectivity index (χ1) is 15.5. The molecule has 0 aliphatic carbocycles. The molecule has 0 saturated heterocycles. The van der Waals surface area contributed by atoms with Gasteiger partial charge in [0.15, 0.2) is 5.78 Å². The minimum absolute atomic E-state index is 0.0475. The Balaban J connectivity index is 1.37. The molecular formula is C27H23NO4. The molecule has 0 bridgehead atoms. The van der Waals surface area contributed by atoms with E-state index in [0.717, 1.165) is 27.8 Å². The number of hydrogen-bond acceptors (Lipinski definition) is 5. The zero-order valence-corrected chi connectivity index (χ0v) is 17.9. The number of Topliss-reactive ketones (excluding diaryl/α,β-unsaturated/α-hetero) is 1. The van der Waals surface area contributed by atoms with E-state index in [0.29, 0.717) is 23.5 Å². The predicted octanol–water partition coefficient (Wildman–Crippen LogP) is 5.88. The van der Waals surface area contributed by atoms with E-state index >= 15 is 0 Å². The number of hydrogen-bond donors (Lipinski definition) is 1. The Kier molecular flexibility index (Phi) is 6.17. The van der Waals surface area contributed by atoms with Crippen LogP contribution < -0.4 is 14.8 Å². The quantitative estimate of drug-likeness (QED) is 0.227. The third-order valence-electron chi connectivity index (χ3n) is 5.17. The molecule has 0 saturated carbocycles. The minimum Gasteiger partial charge on any atom is -0.489 e. The molecule has 4 aromatic rings. The van der Waals surface area contributed by atoms with Crippen LogP contribution in [0.2, 0.25) is 0 Å². The average molecular weight is 425 g/mol. The van der Waals surface area contributed by atoms with Crippen molar-refractivity contribution in [2.45, 2.75) is 13.5 Å². The van der Waals surface area contributed by atoms with Crippen LogP contribution >= 0.6 is 0 Å². The molecule has 4 aromatic carbocycles. The third kappa shape index (κ3) is 4.95. The van der Waals surface area contributed by atoms with Crippen molar-refractivity contribution in [1.29, 1.82) is 0 Å². The van der Waals surface area contributed by atoms with Gasteiger partial charge >= 0.3 is 5.97 Å². The number of benzene rings is 4. The first-order valence-corrected chi connectivity index (χ1v) is 10.3. The second kappa shape index (κ2) is 9.35. The molecule has 1 N–H and O–H groups in total. The first-order valence-electron chi connectivity index (χ1n) is 10.3. The predicted molar refractivity (Wildman–Crippen MR) is 126 cm³/mol. The van der Waals surface area contributed by atoms with Gasteiger partial charge in [0.2, 0.25) is 0 Å². The Labute approximate surface area is 186 Å². The van der Waals surface area contributed by atoms with Crippen molar-refractivity contribution >= 4 is 28.2 Å². The van der Waals surface area contributed by atoms with E-state index in [9.17, 15) is 9.59 Å². The van der Waals surface area contributed by atoms with E-state index in [2.05, 4.69) is 5.32 Å². The monoisotopic (exact) mass is 425 g/mol. The van der Waals surface area contributed by atoms with Crippen LogP contribution in [-0.4, -0.2) is 18.8 Å². The fourth-order valence-electron chi connectivity index (χ4n) is 3.29. The van der Waals surface area contributed by atoms with E-state index in [1.807, 2.05) is 67.7 Å². The van der Waals surface area contributed by atoms with Crippen molar-refractivity contribution in [2.75, 3.05) is 12.4 Å². The van der Waals surface area contributed by atoms with Gasteiger partial charge in [-0.2, -0.15) is 0 Å². The number of carbonyl (C=O) groups is 2. The summed E-state index contributed by atoms with van der Waals surface area (Å²) in [7, 11) is 1.83. The molecule has 0 heterocycles. The molecule has 0 spiro atoms. The standard InChI is InChI=1S/C27H23NO4/c1-18(29)21-7-8-23-16-26(12-9-22(23)15-21)31-17-19-3-5-20(6-4-19)27(30)32-25-13-10-24(28-2)11-14-25/h3-16,28H,17H2,1-2H3. The molecule has 0 aromatic heterocycles. The molecule has 5 heteroatoms. The molecule has 0 unspecified atom stereocenters. The van der Waals surface area contributed by atoms with E-state index < -0.39 is 5.97 Å². The van der Waals surface area contributed by atoms with Crippen molar-refractivity contribution in [2.24, 2.45) is 0 Å². The van der Waals surface area contributed by atoms with Crippen LogP contribution in [0.1, 0.15) is 33.2 Å². The number of carbonyl (C=O) groups excluding carboxylic acids is 2. The lowest BCUT2D eigenvalue weighted by molar-refractivity contribution is 0.0734. The molecule has 4 rings (SSSR count). The Hall–Kier alpha value is -4.12. The number of fused-ring (bicyclic) bond motifs is 1. The van der Waals surface area contributed by atoms with Gasteiger partial charge < -0.3 is 14.8 Å². The van der Waals surface area contributed by atoms with E-state index in [-0.39, 0.29) is 5.78 Å². The molecule has 5 nitrogen and oxygen atoms in total. The summed E-state index contributed by atoms with van der Waals surface area (Å²) in [6, 6.07) is 25.7. The zero-order valence-electron chi connectivity index (χ0n) is 17.9. The fraction of sp³-hybridized carbons (Fsp3) is 0.111. The van der Waals surface area contributed by atoms with Gasteiger partial charge in [0, 0.05) is 18.3 Å². The number of nitrogens with one attached hydrogen (secondary N) is 1. The highest BCUT2D eigenvalue weighted by Crippen LogP contribution is 2.23. The topological polar surface area (TPSA) is 64.6 Å². The van der Waals surface area contributed by atoms with Crippen LogP contribution in [0.15, 0.2) is 84.9 Å². The Morgan fingerprint density at radius 3 is 2.06 bits per heavy atom. The largest absolute Gasteiger partial charge is 0.489 e. The second-order valence-electron chi connectivity index (χ2n) is 7.43. The lowest BCUT2D eigenvalue weighted by Gasteiger charge is -2.09. The van der Waals surface area contributed by atoms with Gasteiger partial charge in [-0.1, -0.05) is 30.3 Å². The molecule has 0 aliphatic rings. The highest BCUT2D eigenvalue weighted by atomic mass is 16.5. The van der Waals surface area contributed by atoms with Gasteiger partial charge in [-0.3, -0.25) is 4.79 Å². The van der Waals surface area contributed by atoms with Crippen molar-refractivity contribution in [1.82, 2.24) is 0 Å². The van der Waals surface area contributed by atoms with Crippen LogP contribution in [0.5, 0.6) is 11.5 Å². The maximum atomic E-state index is 12.4. The molecule has 0 aliphatic heterocycles. The second-order valence-corrected chi connectivity index (χ2v) is 7.43. The van der Waals surface area contributed by atoms with Crippen LogP contribution in [-0.2, 0) is 6.61 Å². The molecule has 160 valence electrons. The molecule has 0 atom stereocenters. The van der Waals surface area contributed by atoms with Crippen LogP contribution in [0.25, 0.3) is 10.8 Å². The van der Waals surface area contributed by atoms with Gasteiger partial charge in [-0.15, -0.1) is 0 Å². The smallest absolute Gasteiger partial charge is 0.343 e. The Morgan fingerprint density at radius 2 is 1.38 bits per heavy atom.